The summed E-state index contributed by atoms with van der Waals surface area (Å²) >= 11 is 1.72. The number of hydrogen-bond donors (Lipinski definition) is 1. The Labute approximate surface area is 228 Å². The molecular formula is C30H60O5S. The first-order valence-corrected chi connectivity index (χ1v) is 16.6. The highest BCUT2D eigenvalue weighted by Gasteiger charge is 2.13. The van der Waals surface area contributed by atoms with Gasteiger partial charge in [0.2, 0.25) is 0 Å². The molecule has 216 valence electrons. The number of hydrogen-bond acceptors (Lipinski definition) is 6. The fourth-order valence-corrected chi connectivity index (χ4v) is 5.31. The predicted molar refractivity (Wildman–Crippen MR) is 154 cm³/mol. The van der Waals surface area contributed by atoms with Crippen LogP contribution in [0.1, 0.15) is 129 Å². The maximum absolute atomic E-state index is 10.0. The standard InChI is InChI=1S/C30H60O5S/c1-2-3-4-5-6-7-8-9-10-11-12-13-14-15-16-18-21-33-27-29(31)28-36-26-25-32-23-24-35-30-20-17-19-22-34-30/h29-31H,2-28H2,1H3. The van der Waals surface area contributed by atoms with E-state index in [1.54, 1.807) is 11.8 Å². The number of ether oxygens (including phenoxy) is 4. The van der Waals surface area contributed by atoms with E-state index >= 15 is 0 Å². The van der Waals surface area contributed by atoms with Crippen LogP contribution in [0.15, 0.2) is 0 Å². The predicted octanol–water partition coefficient (Wildman–Crippen LogP) is 7.92. The molecule has 1 heterocycles. The molecule has 1 N–H and O–H groups in total. The van der Waals surface area contributed by atoms with Gasteiger partial charge in [0.15, 0.2) is 6.29 Å². The Morgan fingerprint density at radius 1 is 0.722 bits per heavy atom. The lowest BCUT2D eigenvalue weighted by molar-refractivity contribution is -0.168. The number of rotatable bonds is 28. The molecule has 1 aliphatic heterocycles. The van der Waals surface area contributed by atoms with Crippen LogP contribution >= 0.6 is 11.8 Å². The van der Waals surface area contributed by atoms with Crippen LogP contribution in [-0.4, -0.2) is 68.6 Å². The van der Waals surface area contributed by atoms with Crippen molar-refractivity contribution < 1.29 is 24.1 Å². The smallest absolute Gasteiger partial charge is 0.157 e. The lowest BCUT2D eigenvalue weighted by Gasteiger charge is -2.22. The molecule has 0 amide bonds. The Morgan fingerprint density at radius 2 is 1.33 bits per heavy atom. The molecule has 1 fully saturated rings. The van der Waals surface area contributed by atoms with Gasteiger partial charge in [-0.25, -0.2) is 0 Å². The average Bonchev–Trinajstić information content (AvgIpc) is 2.90. The molecular weight excluding hydrogens is 472 g/mol. The highest BCUT2D eigenvalue weighted by atomic mass is 32.2. The van der Waals surface area contributed by atoms with Gasteiger partial charge in [0, 0.05) is 24.7 Å². The fraction of sp³-hybridized carbons (Fsp3) is 1.00. The topological polar surface area (TPSA) is 57.2 Å². The molecule has 1 aliphatic rings. The summed E-state index contributed by atoms with van der Waals surface area (Å²) in [6.45, 7) is 6.20. The molecule has 0 radical (unpaired) electrons. The van der Waals surface area contributed by atoms with Gasteiger partial charge in [-0.2, -0.15) is 11.8 Å². The van der Waals surface area contributed by atoms with Crippen LogP contribution in [0.3, 0.4) is 0 Å². The second-order valence-corrected chi connectivity index (χ2v) is 11.5. The second-order valence-electron chi connectivity index (χ2n) is 10.4. The van der Waals surface area contributed by atoms with Crippen molar-refractivity contribution in [2.45, 2.75) is 141 Å². The van der Waals surface area contributed by atoms with E-state index in [-0.39, 0.29) is 12.4 Å². The minimum absolute atomic E-state index is 0.0360. The minimum Gasteiger partial charge on any atom is -0.390 e. The van der Waals surface area contributed by atoms with Crippen molar-refractivity contribution in [1.29, 1.82) is 0 Å². The summed E-state index contributed by atoms with van der Waals surface area (Å²) in [4.78, 5) is 0. The maximum Gasteiger partial charge on any atom is 0.157 e. The van der Waals surface area contributed by atoms with Gasteiger partial charge in [0.05, 0.1) is 32.5 Å². The van der Waals surface area contributed by atoms with Gasteiger partial charge < -0.3 is 24.1 Å². The van der Waals surface area contributed by atoms with Gasteiger partial charge >= 0.3 is 0 Å². The molecule has 0 spiro atoms. The monoisotopic (exact) mass is 532 g/mol. The van der Waals surface area contributed by atoms with Crippen molar-refractivity contribution in [1.82, 2.24) is 0 Å². The van der Waals surface area contributed by atoms with E-state index in [1.165, 1.54) is 103 Å². The number of aliphatic hydroxyl groups is 1. The first-order chi connectivity index (χ1) is 17.8. The van der Waals surface area contributed by atoms with Crippen molar-refractivity contribution in [3.8, 4) is 0 Å². The van der Waals surface area contributed by atoms with Gasteiger partial charge in [0.25, 0.3) is 0 Å². The molecule has 36 heavy (non-hydrogen) atoms. The number of unbranched alkanes of at least 4 members (excludes halogenated alkanes) is 15. The van der Waals surface area contributed by atoms with E-state index in [4.69, 9.17) is 18.9 Å². The Bertz CT molecular complexity index is 420. The first-order valence-electron chi connectivity index (χ1n) is 15.5. The van der Waals surface area contributed by atoms with Crippen LogP contribution < -0.4 is 0 Å². The van der Waals surface area contributed by atoms with Crippen molar-refractivity contribution in [2.24, 2.45) is 0 Å². The normalized spacial score (nSPS) is 17.0. The maximum atomic E-state index is 10.0. The van der Waals surface area contributed by atoms with Gasteiger partial charge in [-0.3, -0.25) is 0 Å². The minimum atomic E-state index is -0.386. The zero-order valence-electron chi connectivity index (χ0n) is 23.7. The molecule has 0 aliphatic carbocycles. The van der Waals surface area contributed by atoms with Crippen molar-refractivity contribution in [3.63, 3.8) is 0 Å². The van der Waals surface area contributed by atoms with Crippen molar-refractivity contribution in [2.75, 3.05) is 51.1 Å². The molecule has 0 saturated carbocycles. The van der Waals surface area contributed by atoms with E-state index in [0.717, 1.165) is 38.2 Å². The summed E-state index contributed by atoms with van der Waals surface area (Å²) in [5.74, 6) is 1.59. The van der Waals surface area contributed by atoms with Gasteiger partial charge in [-0.15, -0.1) is 0 Å². The van der Waals surface area contributed by atoms with Gasteiger partial charge in [-0.05, 0) is 25.7 Å². The fourth-order valence-electron chi connectivity index (χ4n) is 4.54. The highest BCUT2D eigenvalue weighted by molar-refractivity contribution is 7.99. The summed E-state index contributed by atoms with van der Waals surface area (Å²) in [6.07, 6.45) is 25.0. The molecule has 0 bridgehead atoms. The third kappa shape index (κ3) is 24.5. The van der Waals surface area contributed by atoms with Crippen LogP contribution in [0.4, 0.5) is 0 Å². The van der Waals surface area contributed by atoms with E-state index in [0.29, 0.717) is 32.2 Å². The van der Waals surface area contributed by atoms with E-state index in [9.17, 15) is 5.11 Å². The highest BCUT2D eigenvalue weighted by Crippen LogP contribution is 2.14. The lowest BCUT2D eigenvalue weighted by atomic mass is 10.0. The number of aliphatic hydroxyl groups excluding tert-OH is 1. The molecule has 2 unspecified atom stereocenters. The average molecular weight is 533 g/mol. The van der Waals surface area contributed by atoms with Crippen LogP contribution in [0.5, 0.6) is 0 Å². The lowest BCUT2D eigenvalue weighted by Crippen LogP contribution is -2.24. The first kappa shape index (κ1) is 34.2. The molecule has 0 aromatic carbocycles. The second kappa shape index (κ2) is 28.2. The van der Waals surface area contributed by atoms with E-state index in [2.05, 4.69) is 6.92 Å². The summed E-state index contributed by atoms with van der Waals surface area (Å²) in [5, 5.41) is 10.0. The SMILES string of the molecule is CCCCCCCCCCCCCCCCCCOCC(O)CSCCOCCOC1CCCCO1. The Kier molecular flexibility index (Phi) is 26.7. The van der Waals surface area contributed by atoms with Crippen LogP contribution in [0.25, 0.3) is 0 Å². The summed E-state index contributed by atoms with van der Waals surface area (Å²) in [5.41, 5.74) is 0. The van der Waals surface area contributed by atoms with Gasteiger partial charge in [-0.1, -0.05) is 103 Å². The molecule has 5 nitrogen and oxygen atoms in total. The largest absolute Gasteiger partial charge is 0.390 e. The number of thioether (sulfide) groups is 1. The molecule has 6 heteroatoms. The van der Waals surface area contributed by atoms with E-state index < -0.39 is 0 Å². The molecule has 1 saturated heterocycles. The zero-order chi connectivity index (χ0) is 25.8. The van der Waals surface area contributed by atoms with Crippen molar-refractivity contribution in [3.05, 3.63) is 0 Å². The van der Waals surface area contributed by atoms with Gasteiger partial charge in [0.1, 0.15) is 0 Å². The quantitative estimate of drug-likeness (QED) is 0.103. The molecule has 0 aromatic rings. The van der Waals surface area contributed by atoms with E-state index in [1.807, 2.05) is 0 Å². The summed E-state index contributed by atoms with van der Waals surface area (Å²) in [6, 6.07) is 0. The molecule has 0 aromatic heterocycles. The molecule has 1 rings (SSSR count). The zero-order valence-corrected chi connectivity index (χ0v) is 24.6. The van der Waals surface area contributed by atoms with Crippen molar-refractivity contribution >= 4 is 11.8 Å². The third-order valence-electron chi connectivity index (χ3n) is 6.80. The van der Waals surface area contributed by atoms with Crippen LogP contribution in [0, 0.1) is 0 Å². The Morgan fingerprint density at radius 3 is 1.92 bits per heavy atom. The molecule has 2 atom stereocenters. The summed E-state index contributed by atoms with van der Waals surface area (Å²) < 4.78 is 22.4. The van der Waals surface area contributed by atoms with Crippen LogP contribution in [0.2, 0.25) is 0 Å². The van der Waals surface area contributed by atoms with Crippen LogP contribution in [-0.2, 0) is 18.9 Å². The third-order valence-corrected chi connectivity index (χ3v) is 7.88. The Balaban J connectivity index is 1.68. The summed E-state index contributed by atoms with van der Waals surface area (Å²) in [7, 11) is 0. The Hall–Kier alpha value is 0.150.